The van der Waals surface area contributed by atoms with Crippen LogP contribution in [0.15, 0.2) is 85.2 Å². The minimum atomic E-state index is -0.370. The van der Waals surface area contributed by atoms with Gasteiger partial charge in [0.1, 0.15) is 5.82 Å². The molecule has 0 radical (unpaired) electrons. The van der Waals surface area contributed by atoms with Crippen LogP contribution in [0.4, 0.5) is 10.1 Å². The molecule has 0 fully saturated rings. The van der Waals surface area contributed by atoms with Gasteiger partial charge in [-0.2, -0.15) is 5.10 Å². The highest BCUT2D eigenvalue weighted by atomic mass is 19.1. The number of anilines is 1. The number of nitrogens with zero attached hydrogens (tertiary/aromatic N) is 3. The Hall–Kier alpha value is -4.26. The van der Waals surface area contributed by atoms with Gasteiger partial charge in [-0.3, -0.25) is 9.59 Å². The minimum absolute atomic E-state index is 0.00631. The molecule has 170 valence electrons. The summed E-state index contributed by atoms with van der Waals surface area (Å²) in [5.74, 6) is -0.619. The zero-order valence-electron chi connectivity index (χ0n) is 18.4. The van der Waals surface area contributed by atoms with Gasteiger partial charge >= 0.3 is 0 Å². The van der Waals surface area contributed by atoms with Crippen LogP contribution in [-0.2, 0) is 24.2 Å². The molecule has 2 amide bonds. The summed E-state index contributed by atoms with van der Waals surface area (Å²) in [6.45, 7) is 1.32. The van der Waals surface area contributed by atoms with Crippen LogP contribution in [0.25, 0.3) is 5.69 Å². The first-order valence-corrected chi connectivity index (χ1v) is 11.1. The van der Waals surface area contributed by atoms with E-state index in [0.717, 1.165) is 12.1 Å². The Morgan fingerprint density at radius 2 is 1.76 bits per heavy atom. The molecule has 0 saturated carbocycles. The average Bonchev–Trinajstić information content (AvgIpc) is 3.31. The van der Waals surface area contributed by atoms with Gasteiger partial charge in [0.15, 0.2) is 0 Å². The molecule has 5 rings (SSSR count). The Morgan fingerprint density at radius 3 is 2.56 bits per heavy atom. The van der Waals surface area contributed by atoms with Crippen molar-refractivity contribution < 1.29 is 14.0 Å². The summed E-state index contributed by atoms with van der Waals surface area (Å²) in [5.41, 5.74) is 5.03. The summed E-state index contributed by atoms with van der Waals surface area (Å²) in [7, 11) is 0. The van der Waals surface area contributed by atoms with Crippen LogP contribution in [0.2, 0.25) is 0 Å². The first-order valence-electron chi connectivity index (χ1n) is 11.1. The Morgan fingerprint density at radius 1 is 0.971 bits per heavy atom. The van der Waals surface area contributed by atoms with Crippen molar-refractivity contribution in [2.45, 2.75) is 19.4 Å². The maximum Gasteiger partial charge on any atom is 0.254 e. The smallest absolute Gasteiger partial charge is 0.254 e. The normalized spacial score (nSPS) is 12.8. The van der Waals surface area contributed by atoms with Crippen molar-refractivity contribution in [3.8, 4) is 5.69 Å². The number of amides is 2. The number of nitrogens with one attached hydrogen (secondary N) is 1. The molecule has 0 spiro atoms. The lowest BCUT2D eigenvalue weighted by Crippen LogP contribution is -2.35. The van der Waals surface area contributed by atoms with E-state index in [1.807, 2.05) is 29.2 Å². The molecule has 0 saturated heterocycles. The second kappa shape index (κ2) is 9.31. The van der Waals surface area contributed by atoms with Crippen molar-refractivity contribution in [2.24, 2.45) is 0 Å². The molecule has 1 N–H and O–H groups in total. The van der Waals surface area contributed by atoms with Crippen molar-refractivity contribution in [1.29, 1.82) is 0 Å². The van der Waals surface area contributed by atoms with Gasteiger partial charge in [0.2, 0.25) is 5.91 Å². The summed E-state index contributed by atoms with van der Waals surface area (Å²) in [5, 5.41) is 7.07. The highest BCUT2D eigenvalue weighted by Gasteiger charge is 2.21. The Bertz CT molecular complexity index is 1350. The van der Waals surface area contributed by atoms with Gasteiger partial charge in [-0.25, -0.2) is 9.07 Å². The maximum atomic E-state index is 13.3. The van der Waals surface area contributed by atoms with E-state index in [4.69, 9.17) is 0 Å². The molecular formula is C27H23FN4O2. The van der Waals surface area contributed by atoms with Gasteiger partial charge in [0.25, 0.3) is 5.91 Å². The quantitative estimate of drug-likeness (QED) is 0.486. The highest BCUT2D eigenvalue weighted by molar-refractivity contribution is 5.94. The third-order valence-corrected chi connectivity index (χ3v) is 5.92. The first-order chi connectivity index (χ1) is 16.5. The second-order valence-corrected chi connectivity index (χ2v) is 8.32. The zero-order chi connectivity index (χ0) is 23.5. The van der Waals surface area contributed by atoms with Crippen LogP contribution < -0.4 is 5.32 Å². The van der Waals surface area contributed by atoms with Crippen LogP contribution in [0, 0.1) is 5.82 Å². The number of carbonyl (C=O) groups excluding carboxylic acids is 2. The SMILES string of the molecule is O=C(Cc1cccc(F)c1)Nc1cnn(-c2ccc(C(=O)N3CCc4ccccc4C3)cc2)c1. The maximum absolute atomic E-state index is 13.3. The number of halogens is 1. The molecule has 6 nitrogen and oxygen atoms in total. The molecule has 34 heavy (non-hydrogen) atoms. The fourth-order valence-electron chi connectivity index (χ4n) is 4.17. The molecule has 0 bridgehead atoms. The lowest BCUT2D eigenvalue weighted by molar-refractivity contribution is -0.115. The Kier molecular flexibility index (Phi) is 5.91. The van der Waals surface area contributed by atoms with E-state index in [0.29, 0.717) is 29.9 Å². The van der Waals surface area contributed by atoms with E-state index >= 15 is 0 Å². The van der Waals surface area contributed by atoms with E-state index in [1.165, 1.54) is 23.3 Å². The van der Waals surface area contributed by atoms with Crippen molar-refractivity contribution in [3.63, 3.8) is 0 Å². The summed E-state index contributed by atoms with van der Waals surface area (Å²) in [6, 6.07) is 21.4. The monoisotopic (exact) mass is 454 g/mol. The molecule has 0 aliphatic carbocycles. The lowest BCUT2D eigenvalue weighted by Gasteiger charge is -2.29. The topological polar surface area (TPSA) is 67.2 Å². The van der Waals surface area contributed by atoms with E-state index in [2.05, 4.69) is 22.5 Å². The fraction of sp³-hybridized carbons (Fsp3) is 0.148. The van der Waals surface area contributed by atoms with Gasteiger partial charge in [-0.15, -0.1) is 0 Å². The van der Waals surface area contributed by atoms with Crippen molar-refractivity contribution >= 4 is 17.5 Å². The van der Waals surface area contributed by atoms with Gasteiger partial charge in [-0.05, 0) is 59.5 Å². The summed E-state index contributed by atoms with van der Waals surface area (Å²) in [4.78, 5) is 27.1. The molecule has 4 aromatic rings. The van der Waals surface area contributed by atoms with E-state index in [-0.39, 0.29) is 24.1 Å². The summed E-state index contributed by atoms with van der Waals surface area (Å²) in [6.07, 6.45) is 4.18. The number of carbonyl (C=O) groups is 2. The van der Waals surface area contributed by atoms with Crippen LogP contribution in [0.1, 0.15) is 27.0 Å². The van der Waals surface area contributed by atoms with Crippen LogP contribution in [-0.4, -0.2) is 33.0 Å². The highest BCUT2D eigenvalue weighted by Crippen LogP contribution is 2.21. The van der Waals surface area contributed by atoms with Crippen LogP contribution in [0.3, 0.4) is 0 Å². The Balaban J connectivity index is 1.22. The van der Waals surface area contributed by atoms with Gasteiger partial charge < -0.3 is 10.2 Å². The molecule has 1 aliphatic heterocycles. The lowest BCUT2D eigenvalue weighted by atomic mass is 9.99. The zero-order valence-corrected chi connectivity index (χ0v) is 18.4. The van der Waals surface area contributed by atoms with E-state index in [9.17, 15) is 14.0 Å². The van der Waals surface area contributed by atoms with Crippen LogP contribution in [0.5, 0.6) is 0 Å². The van der Waals surface area contributed by atoms with Gasteiger partial charge in [-0.1, -0.05) is 36.4 Å². The summed E-state index contributed by atoms with van der Waals surface area (Å²) >= 11 is 0. The van der Waals surface area contributed by atoms with Crippen molar-refractivity contribution in [1.82, 2.24) is 14.7 Å². The number of rotatable bonds is 5. The second-order valence-electron chi connectivity index (χ2n) is 8.32. The van der Waals surface area contributed by atoms with Crippen LogP contribution >= 0.6 is 0 Å². The Labute approximate surface area is 196 Å². The number of hydrogen-bond acceptors (Lipinski definition) is 3. The molecule has 1 aliphatic rings. The molecular weight excluding hydrogens is 431 g/mol. The number of fused-ring (bicyclic) bond motifs is 1. The molecule has 7 heteroatoms. The van der Waals surface area contributed by atoms with Crippen molar-refractivity contribution in [3.05, 3.63) is 113 Å². The number of hydrogen-bond donors (Lipinski definition) is 1. The minimum Gasteiger partial charge on any atom is -0.334 e. The first kappa shape index (κ1) is 21.6. The van der Waals surface area contributed by atoms with E-state index in [1.54, 1.807) is 41.3 Å². The third-order valence-electron chi connectivity index (χ3n) is 5.92. The largest absolute Gasteiger partial charge is 0.334 e. The standard InChI is InChI=1S/C27H23FN4O2/c28-23-7-3-4-19(14-23)15-26(33)30-24-16-29-32(18-24)25-10-8-21(9-11-25)27(34)31-13-12-20-5-1-2-6-22(20)17-31/h1-11,14,16,18H,12-13,15,17H2,(H,30,33). The number of benzene rings is 3. The molecule has 3 aromatic carbocycles. The predicted octanol–water partition coefficient (Wildman–Crippen LogP) is 4.39. The molecule has 2 heterocycles. The molecule has 0 atom stereocenters. The third kappa shape index (κ3) is 4.73. The molecule has 1 aromatic heterocycles. The predicted molar refractivity (Wildman–Crippen MR) is 127 cm³/mol. The van der Waals surface area contributed by atoms with Gasteiger partial charge in [0.05, 0.1) is 30.2 Å². The number of aromatic nitrogens is 2. The van der Waals surface area contributed by atoms with E-state index < -0.39 is 0 Å². The van der Waals surface area contributed by atoms with Crippen molar-refractivity contribution in [2.75, 3.05) is 11.9 Å². The molecule has 0 unspecified atom stereocenters. The fourth-order valence-corrected chi connectivity index (χ4v) is 4.17. The van der Waals surface area contributed by atoms with Gasteiger partial charge in [0, 0.05) is 18.7 Å². The summed E-state index contributed by atoms with van der Waals surface area (Å²) < 4.78 is 14.9. The average molecular weight is 455 g/mol.